The second kappa shape index (κ2) is 6.39. The van der Waals surface area contributed by atoms with Crippen LogP contribution in [-0.2, 0) is 0 Å². The van der Waals surface area contributed by atoms with E-state index >= 15 is 0 Å². The van der Waals surface area contributed by atoms with Gasteiger partial charge in [-0.25, -0.2) is 4.52 Å². The molecule has 3 heterocycles. The van der Waals surface area contributed by atoms with Crippen molar-refractivity contribution >= 4 is 17.2 Å². The van der Waals surface area contributed by atoms with Crippen LogP contribution < -0.4 is 9.64 Å². The number of aromatic nitrogens is 4. The van der Waals surface area contributed by atoms with E-state index in [9.17, 15) is 4.79 Å². The Morgan fingerprint density at radius 2 is 1.96 bits per heavy atom. The third-order valence-corrected chi connectivity index (χ3v) is 4.42. The van der Waals surface area contributed by atoms with Crippen molar-refractivity contribution in [1.29, 1.82) is 0 Å². The maximum atomic E-state index is 12.8. The molecule has 1 aliphatic rings. The smallest absolute Gasteiger partial charge is 0.257 e. The van der Waals surface area contributed by atoms with E-state index in [4.69, 9.17) is 4.74 Å². The summed E-state index contributed by atoms with van der Waals surface area (Å²) in [4.78, 5) is 16.8. The first kappa shape index (κ1) is 15.4. The molecular formula is C17H18N6O2. The third kappa shape index (κ3) is 2.86. The first-order chi connectivity index (χ1) is 12.3. The molecule has 0 N–H and O–H groups in total. The fraction of sp³-hybridized carbons (Fsp3) is 0.294. The quantitative estimate of drug-likeness (QED) is 0.712. The summed E-state index contributed by atoms with van der Waals surface area (Å²) < 4.78 is 6.93. The number of fused-ring (bicyclic) bond motifs is 1. The van der Waals surface area contributed by atoms with Crippen LogP contribution in [0.15, 0.2) is 42.9 Å². The van der Waals surface area contributed by atoms with Gasteiger partial charge in [0.2, 0.25) is 0 Å². The number of ether oxygens (including phenoxy) is 1. The standard InChI is InChI=1S/C17H18N6O2/c1-25-15-5-3-2-4-14(15)17(24)22-8-6-21(7-9-22)13-10-16-20-18-12-23(16)19-11-13/h2-5,10-12H,6-9H2,1H3. The number of piperazine rings is 1. The van der Waals surface area contributed by atoms with Gasteiger partial charge in [0.05, 0.1) is 24.6 Å². The maximum Gasteiger partial charge on any atom is 0.257 e. The average molecular weight is 338 g/mol. The second-order valence-corrected chi connectivity index (χ2v) is 5.83. The second-order valence-electron chi connectivity index (χ2n) is 5.83. The Morgan fingerprint density at radius 3 is 2.76 bits per heavy atom. The highest BCUT2D eigenvalue weighted by atomic mass is 16.5. The molecule has 2 aromatic heterocycles. The van der Waals surface area contributed by atoms with Gasteiger partial charge >= 0.3 is 0 Å². The zero-order chi connectivity index (χ0) is 17.2. The lowest BCUT2D eigenvalue weighted by atomic mass is 10.1. The van der Waals surface area contributed by atoms with Crippen molar-refractivity contribution in [3.63, 3.8) is 0 Å². The number of hydrogen-bond acceptors (Lipinski definition) is 6. The van der Waals surface area contributed by atoms with Gasteiger partial charge in [-0.15, -0.1) is 10.2 Å². The van der Waals surface area contributed by atoms with Gasteiger partial charge in [0.25, 0.3) is 5.91 Å². The minimum Gasteiger partial charge on any atom is -0.496 e. The molecular weight excluding hydrogens is 320 g/mol. The molecule has 1 amide bonds. The maximum absolute atomic E-state index is 12.8. The topological polar surface area (TPSA) is 75.9 Å². The van der Waals surface area contributed by atoms with Crippen LogP contribution >= 0.6 is 0 Å². The molecule has 1 aliphatic heterocycles. The zero-order valence-electron chi connectivity index (χ0n) is 13.9. The summed E-state index contributed by atoms with van der Waals surface area (Å²) in [7, 11) is 1.58. The molecule has 0 atom stereocenters. The number of anilines is 1. The number of methoxy groups -OCH3 is 1. The molecule has 4 rings (SSSR count). The van der Waals surface area contributed by atoms with Gasteiger partial charge in [0.1, 0.15) is 12.1 Å². The summed E-state index contributed by atoms with van der Waals surface area (Å²) in [5.41, 5.74) is 2.31. The number of nitrogens with zero attached hydrogens (tertiary/aromatic N) is 6. The highest BCUT2D eigenvalue weighted by molar-refractivity contribution is 5.97. The Kier molecular flexibility index (Phi) is 3.93. The zero-order valence-corrected chi connectivity index (χ0v) is 13.9. The summed E-state index contributed by atoms with van der Waals surface area (Å²) >= 11 is 0. The number of amides is 1. The molecule has 0 spiro atoms. The molecule has 1 fully saturated rings. The van der Waals surface area contributed by atoms with E-state index in [1.54, 1.807) is 30.2 Å². The van der Waals surface area contributed by atoms with E-state index in [1.807, 2.05) is 29.2 Å². The molecule has 128 valence electrons. The van der Waals surface area contributed by atoms with Crippen LogP contribution in [0.25, 0.3) is 5.65 Å². The number of carbonyl (C=O) groups excluding carboxylic acids is 1. The molecule has 0 aliphatic carbocycles. The van der Waals surface area contributed by atoms with Gasteiger partial charge in [-0.1, -0.05) is 12.1 Å². The average Bonchev–Trinajstić information content (AvgIpc) is 3.15. The minimum atomic E-state index is 0.00290. The van der Waals surface area contributed by atoms with E-state index in [0.717, 1.165) is 18.8 Å². The first-order valence-corrected chi connectivity index (χ1v) is 8.09. The van der Waals surface area contributed by atoms with Crippen LogP contribution in [0.3, 0.4) is 0 Å². The number of carbonyl (C=O) groups is 1. The van der Waals surface area contributed by atoms with Crippen LogP contribution in [0.5, 0.6) is 5.75 Å². The van der Waals surface area contributed by atoms with Crippen molar-refractivity contribution in [2.75, 3.05) is 38.2 Å². The fourth-order valence-electron chi connectivity index (χ4n) is 3.05. The molecule has 1 saturated heterocycles. The minimum absolute atomic E-state index is 0.00290. The van der Waals surface area contributed by atoms with E-state index in [-0.39, 0.29) is 5.91 Å². The monoisotopic (exact) mass is 338 g/mol. The molecule has 8 heteroatoms. The molecule has 25 heavy (non-hydrogen) atoms. The van der Waals surface area contributed by atoms with Crippen LogP contribution in [0.1, 0.15) is 10.4 Å². The summed E-state index contributed by atoms with van der Waals surface area (Å²) in [5, 5.41) is 12.2. The van der Waals surface area contributed by atoms with Crippen LogP contribution in [-0.4, -0.2) is 63.9 Å². The van der Waals surface area contributed by atoms with Gasteiger partial charge in [0, 0.05) is 32.2 Å². The Balaban J connectivity index is 1.46. The predicted molar refractivity (Wildman–Crippen MR) is 91.9 cm³/mol. The lowest BCUT2D eigenvalue weighted by molar-refractivity contribution is 0.0743. The van der Waals surface area contributed by atoms with Gasteiger partial charge in [-0.05, 0) is 12.1 Å². The molecule has 8 nitrogen and oxygen atoms in total. The summed E-state index contributed by atoms with van der Waals surface area (Å²) in [6, 6.07) is 9.28. The Labute approximate surface area is 144 Å². The van der Waals surface area contributed by atoms with E-state index in [2.05, 4.69) is 20.2 Å². The molecule has 3 aromatic rings. The van der Waals surface area contributed by atoms with E-state index < -0.39 is 0 Å². The van der Waals surface area contributed by atoms with E-state index in [0.29, 0.717) is 30.0 Å². The Bertz CT molecular complexity index is 901. The van der Waals surface area contributed by atoms with Crippen molar-refractivity contribution in [3.05, 3.63) is 48.4 Å². The van der Waals surface area contributed by atoms with Crippen LogP contribution in [0, 0.1) is 0 Å². The van der Waals surface area contributed by atoms with Gasteiger partial charge < -0.3 is 14.5 Å². The SMILES string of the molecule is COc1ccccc1C(=O)N1CCN(c2cnn3cnnc3c2)CC1. The van der Waals surface area contributed by atoms with Crippen molar-refractivity contribution in [2.45, 2.75) is 0 Å². The van der Waals surface area contributed by atoms with Crippen LogP contribution in [0.2, 0.25) is 0 Å². The fourth-order valence-corrected chi connectivity index (χ4v) is 3.05. The van der Waals surface area contributed by atoms with Crippen molar-refractivity contribution in [2.24, 2.45) is 0 Å². The third-order valence-electron chi connectivity index (χ3n) is 4.42. The van der Waals surface area contributed by atoms with E-state index in [1.165, 1.54) is 0 Å². The molecule has 0 unspecified atom stereocenters. The number of rotatable bonds is 3. The Hall–Kier alpha value is -3.16. The number of benzene rings is 1. The van der Waals surface area contributed by atoms with Crippen molar-refractivity contribution in [1.82, 2.24) is 24.7 Å². The largest absolute Gasteiger partial charge is 0.496 e. The highest BCUT2D eigenvalue weighted by Gasteiger charge is 2.24. The predicted octanol–water partition coefficient (Wildman–Crippen LogP) is 1.10. The molecule has 0 saturated carbocycles. The Morgan fingerprint density at radius 1 is 1.16 bits per heavy atom. The summed E-state index contributed by atoms with van der Waals surface area (Å²) in [6.45, 7) is 2.78. The van der Waals surface area contributed by atoms with Gasteiger partial charge in [0.15, 0.2) is 5.65 Å². The highest BCUT2D eigenvalue weighted by Crippen LogP contribution is 2.21. The van der Waals surface area contributed by atoms with Gasteiger partial charge in [-0.3, -0.25) is 4.79 Å². The molecule has 1 aromatic carbocycles. The van der Waals surface area contributed by atoms with Crippen molar-refractivity contribution < 1.29 is 9.53 Å². The normalized spacial score (nSPS) is 14.8. The first-order valence-electron chi connectivity index (χ1n) is 8.09. The molecule has 0 bridgehead atoms. The lowest BCUT2D eigenvalue weighted by Crippen LogP contribution is -2.48. The van der Waals surface area contributed by atoms with Crippen molar-refractivity contribution in [3.8, 4) is 5.75 Å². The van der Waals surface area contributed by atoms with Gasteiger partial charge in [-0.2, -0.15) is 5.10 Å². The van der Waals surface area contributed by atoms with Crippen LogP contribution in [0.4, 0.5) is 5.69 Å². The lowest BCUT2D eigenvalue weighted by Gasteiger charge is -2.36. The summed E-state index contributed by atoms with van der Waals surface area (Å²) in [5.74, 6) is 0.611. The number of hydrogen-bond donors (Lipinski definition) is 0. The summed E-state index contributed by atoms with van der Waals surface area (Å²) in [6.07, 6.45) is 3.37. The number of para-hydroxylation sites is 1. The molecule has 0 radical (unpaired) electrons.